The lowest BCUT2D eigenvalue weighted by atomic mass is 9.72. The fourth-order valence-corrected chi connectivity index (χ4v) is 3.77. The molecular weight excluding hydrogens is 318 g/mol. The Balaban J connectivity index is 2.11. The van der Waals surface area contributed by atoms with Gasteiger partial charge in [-0.2, -0.15) is 0 Å². The van der Waals surface area contributed by atoms with Crippen LogP contribution in [0.15, 0.2) is 54.6 Å². The highest BCUT2D eigenvalue weighted by molar-refractivity contribution is 6.52. The van der Waals surface area contributed by atoms with Crippen molar-refractivity contribution >= 4 is 69.7 Å². The maximum atomic E-state index is 10.3. The van der Waals surface area contributed by atoms with Crippen molar-refractivity contribution in [3.63, 3.8) is 0 Å². The number of aromatic hydroxyl groups is 1. The SMILES string of the molecule is Bc1ccc2c3ccc(BC)cc3c3nc4cccc(O)c4nc3c2c1. The Morgan fingerprint density at radius 1 is 0.808 bits per heavy atom. The van der Waals surface area contributed by atoms with E-state index >= 15 is 0 Å². The molecule has 0 amide bonds. The van der Waals surface area contributed by atoms with Gasteiger partial charge in [0, 0.05) is 10.8 Å². The number of hydrogen-bond donors (Lipinski definition) is 1. The van der Waals surface area contributed by atoms with Crippen molar-refractivity contribution in [2.24, 2.45) is 0 Å². The molecule has 0 radical (unpaired) electrons. The van der Waals surface area contributed by atoms with Crippen molar-refractivity contribution in [3.8, 4) is 5.75 Å². The van der Waals surface area contributed by atoms with Gasteiger partial charge in [0.25, 0.3) is 0 Å². The van der Waals surface area contributed by atoms with Gasteiger partial charge >= 0.3 is 0 Å². The third-order valence-corrected chi connectivity index (χ3v) is 5.14. The summed E-state index contributed by atoms with van der Waals surface area (Å²) >= 11 is 0. The van der Waals surface area contributed by atoms with Crippen molar-refractivity contribution in [3.05, 3.63) is 54.6 Å². The van der Waals surface area contributed by atoms with E-state index in [4.69, 9.17) is 9.97 Å². The first-order valence-corrected chi connectivity index (χ1v) is 8.90. The summed E-state index contributed by atoms with van der Waals surface area (Å²) in [5.74, 6) is 0.167. The van der Waals surface area contributed by atoms with Gasteiger partial charge in [0.2, 0.25) is 0 Å². The molecular formula is C21H16B2N2O. The molecule has 5 aromatic rings. The van der Waals surface area contributed by atoms with Gasteiger partial charge in [-0.1, -0.05) is 60.2 Å². The Kier molecular flexibility index (Phi) is 3.20. The molecule has 0 aliphatic heterocycles. The van der Waals surface area contributed by atoms with Gasteiger partial charge in [-0.15, -0.1) is 0 Å². The van der Waals surface area contributed by atoms with Crippen LogP contribution in [0.25, 0.3) is 43.6 Å². The van der Waals surface area contributed by atoms with Gasteiger partial charge in [-0.05, 0) is 22.9 Å². The van der Waals surface area contributed by atoms with Crippen LogP contribution in [-0.4, -0.2) is 30.2 Å². The summed E-state index contributed by atoms with van der Waals surface area (Å²) in [5, 5.41) is 14.8. The number of hydrogen-bond acceptors (Lipinski definition) is 3. The molecule has 5 heteroatoms. The van der Waals surface area contributed by atoms with Crippen LogP contribution in [0.4, 0.5) is 0 Å². The Bertz CT molecular complexity index is 1350. The minimum Gasteiger partial charge on any atom is -0.506 e. The maximum absolute atomic E-state index is 10.3. The monoisotopic (exact) mass is 334 g/mol. The molecule has 0 saturated carbocycles. The van der Waals surface area contributed by atoms with Crippen LogP contribution in [0.2, 0.25) is 6.82 Å². The van der Waals surface area contributed by atoms with E-state index in [9.17, 15) is 5.11 Å². The van der Waals surface area contributed by atoms with Crippen LogP contribution in [0.3, 0.4) is 0 Å². The number of phenolic OH excluding ortho intramolecular Hbond substituents is 1. The van der Waals surface area contributed by atoms with Gasteiger partial charge in [0.1, 0.15) is 19.1 Å². The summed E-state index contributed by atoms with van der Waals surface area (Å²) in [6.45, 7) is 2.16. The molecule has 0 aliphatic carbocycles. The molecule has 26 heavy (non-hydrogen) atoms. The van der Waals surface area contributed by atoms with E-state index in [2.05, 4.69) is 51.1 Å². The average Bonchev–Trinajstić information content (AvgIpc) is 2.67. The van der Waals surface area contributed by atoms with Gasteiger partial charge in [-0.3, -0.25) is 0 Å². The number of benzene rings is 4. The molecule has 1 aromatic heterocycles. The first-order chi connectivity index (χ1) is 12.7. The number of phenols is 1. The summed E-state index contributed by atoms with van der Waals surface area (Å²) in [7, 11) is 3.06. The number of aromatic nitrogens is 2. The lowest BCUT2D eigenvalue weighted by Gasteiger charge is -2.12. The molecule has 0 saturated heterocycles. The third kappa shape index (κ3) is 2.10. The minimum atomic E-state index is 0.167. The smallest absolute Gasteiger partial charge is 0.154 e. The second kappa shape index (κ2) is 5.46. The van der Waals surface area contributed by atoms with Gasteiger partial charge < -0.3 is 5.11 Å². The molecule has 122 valence electrons. The second-order valence-corrected chi connectivity index (χ2v) is 6.85. The highest BCUT2D eigenvalue weighted by Crippen LogP contribution is 2.34. The van der Waals surface area contributed by atoms with E-state index < -0.39 is 0 Å². The zero-order valence-electron chi connectivity index (χ0n) is 14.7. The van der Waals surface area contributed by atoms with E-state index in [-0.39, 0.29) is 5.75 Å². The van der Waals surface area contributed by atoms with Gasteiger partial charge in [-0.25, -0.2) is 9.97 Å². The van der Waals surface area contributed by atoms with Crippen LogP contribution in [-0.2, 0) is 0 Å². The normalized spacial score (nSPS) is 11.6. The first-order valence-electron chi connectivity index (χ1n) is 8.90. The molecule has 4 aromatic carbocycles. The van der Waals surface area contributed by atoms with E-state index in [1.807, 2.05) is 12.1 Å². The van der Waals surface area contributed by atoms with E-state index in [1.165, 1.54) is 21.7 Å². The Labute approximate surface area is 152 Å². The summed E-state index contributed by atoms with van der Waals surface area (Å²) in [4.78, 5) is 9.74. The predicted octanol–water partition coefficient (Wildman–Crippen LogP) is 2.16. The van der Waals surface area contributed by atoms with Crippen LogP contribution in [0.5, 0.6) is 5.75 Å². The Morgan fingerprint density at radius 3 is 2.35 bits per heavy atom. The van der Waals surface area contributed by atoms with E-state index in [1.54, 1.807) is 6.07 Å². The second-order valence-electron chi connectivity index (χ2n) is 6.85. The zero-order valence-corrected chi connectivity index (χ0v) is 14.7. The number of nitrogens with zero attached hydrogens (tertiary/aromatic N) is 2. The van der Waals surface area contributed by atoms with E-state index in [0.717, 1.165) is 29.1 Å². The number of rotatable bonds is 1. The molecule has 0 unspecified atom stereocenters. The molecule has 0 fully saturated rings. The fourth-order valence-electron chi connectivity index (χ4n) is 3.77. The predicted molar refractivity (Wildman–Crippen MR) is 115 cm³/mol. The first kappa shape index (κ1) is 15.2. The maximum Gasteiger partial charge on any atom is 0.154 e. The standard InChI is InChI=1S/C21H16B2N2O/c1-23-12-6-8-14-13-7-5-11(22)9-15(13)20-19(16(14)10-12)24-17-3-2-4-18(26)21(17)25-20/h2-10,23,26H,22H2,1H3. The fraction of sp³-hybridized carbons (Fsp3) is 0.0476. The summed E-state index contributed by atoms with van der Waals surface area (Å²) < 4.78 is 0. The van der Waals surface area contributed by atoms with Crippen molar-refractivity contribution in [1.82, 2.24) is 9.97 Å². The van der Waals surface area contributed by atoms with Gasteiger partial charge in [0.15, 0.2) is 7.28 Å². The molecule has 1 N–H and O–H groups in total. The topological polar surface area (TPSA) is 46.0 Å². The Hall–Kier alpha value is -3.07. The van der Waals surface area contributed by atoms with Crippen LogP contribution in [0.1, 0.15) is 0 Å². The lowest BCUT2D eigenvalue weighted by molar-refractivity contribution is 0.480. The highest BCUT2D eigenvalue weighted by atomic mass is 16.3. The average molecular weight is 334 g/mol. The molecule has 0 aliphatic rings. The van der Waals surface area contributed by atoms with Crippen LogP contribution in [0, 0.1) is 0 Å². The minimum absolute atomic E-state index is 0.167. The van der Waals surface area contributed by atoms with Crippen molar-refractivity contribution < 1.29 is 5.11 Å². The summed E-state index contributed by atoms with van der Waals surface area (Å²) in [6, 6.07) is 18.4. The molecule has 0 bridgehead atoms. The molecule has 1 heterocycles. The number of para-hydroxylation sites is 1. The van der Waals surface area contributed by atoms with Gasteiger partial charge in [0.05, 0.1) is 16.6 Å². The molecule has 5 rings (SSSR count). The molecule has 0 spiro atoms. The largest absolute Gasteiger partial charge is 0.506 e. The third-order valence-electron chi connectivity index (χ3n) is 5.14. The molecule has 3 nitrogen and oxygen atoms in total. The number of fused-ring (bicyclic) bond motifs is 7. The van der Waals surface area contributed by atoms with Crippen LogP contribution >= 0.6 is 0 Å². The summed E-state index contributed by atoms with van der Waals surface area (Å²) in [5.41, 5.74) is 5.47. The van der Waals surface area contributed by atoms with Crippen molar-refractivity contribution in [2.45, 2.75) is 6.82 Å². The van der Waals surface area contributed by atoms with Crippen molar-refractivity contribution in [1.29, 1.82) is 0 Å². The highest BCUT2D eigenvalue weighted by Gasteiger charge is 2.14. The quantitative estimate of drug-likeness (QED) is 0.290. The Morgan fingerprint density at radius 2 is 1.54 bits per heavy atom. The summed E-state index contributed by atoms with van der Waals surface area (Å²) in [6.07, 6.45) is 0. The van der Waals surface area contributed by atoms with Crippen LogP contribution < -0.4 is 10.9 Å². The van der Waals surface area contributed by atoms with Crippen molar-refractivity contribution in [2.75, 3.05) is 0 Å². The van der Waals surface area contributed by atoms with E-state index in [0.29, 0.717) is 11.0 Å². The lowest BCUT2D eigenvalue weighted by Crippen LogP contribution is -2.09. The molecule has 0 atom stereocenters. The zero-order chi connectivity index (χ0) is 17.8.